The summed E-state index contributed by atoms with van der Waals surface area (Å²) in [6.45, 7) is 3.62. The maximum Gasteiger partial charge on any atom is 0.0340 e. The molecule has 0 aromatic heterocycles. The predicted molar refractivity (Wildman–Crippen MR) is 70.8 cm³/mol. The van der Waals surface area contributed by atoms with E-state index in [-0.39, 0.29) is 0 Å². The van der Waals surface area contributed by atoms with Gasteiger partial charge in [-0.15, -0.1) is 0 Å². The fourth-order valence-electron chi connectivity index (χ4n) is 1.25. The molecular weight excluding hydrogens is 192 g/mol. The van der Waals surface area contributed by atoms with Gasteiger partial charge in [-0.1, -0.05) is 66.5 Å². The van der Waals surface area contributed by atoms with E-state index in [4.69, 9.17) is 0 Å². The molecule has 0 nitrogen and oxygen atoms in total. The van der Waals surface area contributed by atoms with Gasteiger partial charge < -0.3 is 0 Å². The highest BCUT2D eigenvalue weighted by molar-refractivity contribution is 5.21. The molecule has 0 saturated heterocycles. The van der Waals surface area contributed by atoms with Crippen LogP contribution in [0.5, 0.6) is 0 Å². The predicted octanol–water partition coefficient (Wildman–Crippen LogP) is 3.96. The Bertz CT molecular complexity index is 385. The van der Waals surface area contributed by atoms with Crippen molar-refractivity contribution in [2.75, 3.05) is 0 Å². The summed E-state index contributed by atoms with van der Waals surface area (Å²) in [5, 5.41) is 0. The molecule has 1 aromatic rings. The third-order valence-electron chi connectivity index (χ3n) is 2.09. The van der Waals surface area contributed by atoms with E-state index in [0.717, 1.165) is 19.3 Å². The summed E-state index contributed by atoms with van der Waals surface area (Å²) in [6.07, 6.45) is 10.7. The number of benzene rings is 1. The fraction of sp³-hybridized carbons (Fsp3) is 0.188. The first kappa shape index (κ1) is 12.3. The minimum absolute atomic E-state index is 0.831. The molecule has 0 N–H and O–H groups in total. The van der Waals surface area contributed by atoms with Crippen LogP contribution >= 0.6 is 0 Å². The average Bonchev–Trinajstić information content (AvgIpc) is 2.34. The van der Waals surface area contributed by atoms with Crippen molar-refractivity contribution in [1.82, 2.24) is 0 Å². The van der Waals surface area contributed by atoms with Crippen LogP contribution in [0, 0.1) is 18.8 Å². The molecule has 0 unspecified atom stereocenters. The molecule has 0 saturated carbocycles. The van der Waals surface area contributed by atoms with Crippen LogP contribution in [-0.2, 0) is 6.42 Å². The second-order valence-corrected chi connectivity index (χ2v) is 3.40. The topological polar surface area (TPSA) is 0 Å². The Labute approximate surface area is 98.7 Å². The van der Waals surface area contributed by atoms with E-state index < -0.39 is 0 Å². The highest BCUT2D eigenvalue weighted by atomic mass is 13.9. The van der Waals surface area contributed by atoms with Crippen LogP contribution in [0.2, 0.25) is 0 Å². The zero-order valence-corrected chi connectivity index (χ0v) is 9.52. The molecule has 1 aromatic carbocycles. The van der Waals surface area contributed by atoms with Crippen LogP contribution < -0.4 is 0 Å². The molecule has 0 fully saturated rings. The van der Waals surface area contributed by atoms with Crippen LogP contribution in [-0.4, -0.2) is 0 Å². The lowest BCUT2D eigenvalue weighted by molar-refractivity contribution is 1.30. The lowest BCUT2D eigenvalue weighted by atomic mass is 10.1. The standard InChI is InChI=1S/C16H17/c1-2-3-4-5-6-7-8-10-13-16-14-11-9-12-15-16/h2-3,5-6,9,11-12,14-15H,1,4,7,13H2/b3-2+,6-5+. The summed E-state index contributed by atoms with van der Waals surface area (Å²) in [5.41, 5.74) is 1.28. The molecule has 0 amide bonds. The van der Waals surface area contributed by atoms with Gasteiger partial charge in [0.15, 0.2) is 0 Å². The van der Waals surface area contributed by atoms with Gasteiger partial charge in [0, 0.05) is 12.8 Å². The van der Waals surface area contributed by atoms with Gasteiger partial charge in [0.2, 0.25) is 0 Å². The molecule has 0 heteroatoms. The lowest BCUT2D eigenvalue weighted by Gasteiger charge is -1.90. The minimum Gasteiger partial charge on any atom is -0.0988 e. The highest BCUT2D eigenvalue weighted by Gasteiger charge is 1.83. The molecule has 1 rings (SSSR count). The largest absolute Gasteiger partial charge is 0.0988 e. The van der Waals surface area contributed by atoms with Crippen molar-refractivity contribution in [3.05, 3.63) is 67.1 Å². The Morgan fingerprint density at radius 2 is 1.81 bits per heavy atom. The monoisotopic (exact) mass is 209 g/mol. The Kier molecular flexibility index (Phi) is 6.60. The van der Waals surface area contributed by atoms with E-state index in [1.807, 2.05) is 30.4 Å². The molecular formula is C16H17. The molecule has 0 heterocycles. The highest BCUT2D eigenvalue weighted by Crippen LogP contribution is 1.98. The molecule has 0 aliphatic rings. The van der Waals surface area contributed by atoms with E-state index in [9.17, 15) is 0 Å². The summed E-state index contributed by atoms with van der Waals surface area (Å²) in [5.74, 6) is 6.30. The molecule has 0 spiro atoms. The number of rotatable bonds is 4. The number of allylic oxidation sites excluding steroid dienone is 4. The van der Waals surface area contributed by atoms with Gasteiger partial charge >= 0.3 is 0 Å². The Balaban J connectivity index is 2.21. The molecule has 81 valence electrons. The van der Waals surface area contributed by atoms with Gasteiger partial charge in [0.05, 0.1) is 0 Å². The van der Waals surface area contributed by atoms with Crippen LogP contribution in [0.15, 0.2) is 54.6 Å². The summed E-state index contributed by atoms with van der Waals surface area (Å²) in [6, 6.07) is 10.3. The van der Waals surface area contributed by atoms with Gasteiger partial charge in [-0.05, 0) is 18.9 Å². The third kappa shape index (κ3) is 5.88. The van der Waals surface area contributed by atoms with Gasteiger partial charge in [-0.25, -0.2) is 0 Å². The lowest BCUT2D eigenvalue weighted by Crippen LogP contribution is -1.78. The Morgan fingerprint density at radius 3 is 2.56 bits per heavy atom. The Hall–Kier alpha value is -1.74. The number of hydrogen-bond donors (Lipinski definition) is 0. The van der Waals surface area contributed by atoms with Crippen LogP contribution in [0.3, 0.4) is 0 Å². The zero-order chi connectivity index (χ0) is 11.5. The quantitative estimate of drug-likeness (QED) is 0.520. The van der Waals surface area contributed by atoms with E-state index in [2.05, 4.69) is 43.0 Å². The van der Waals surface area contributed by atoms with Gasteiger partial charge in [-0.3, -0.25) is 0 Å². The van der Waals surface area contributed by atoms with Crippen molar-refractivity contribution in [3.63, 3.8) is 0 Å². The van der Waals surface area contributed by atoms with E-state index in [1.165, 1.54) is 5.56 Å². The molecule has 0 aliphatic heterocycles. The van der Waals surface area contributed by atoms with Crippen molar-refractivity contribution < 1.29 is 0 Å². The van der Waals surface area contributed by atoms with Crippen molar-refractivity contribution in [2.45, 2.75) is 19.3 Å². The van der Waals surface area contributed by atoms with Crippen molar-refractivity contribution in [3.8, 4) is 11.8 Å². The molecule has 16 heavy (non-hydrogen) atoms. The second-order valence-electron chi connectivity index (χ2n) is 3.40. The summed E-state index contributed by atoms with van der Waals surface area (Å²) < 4.78 is 0. The SMILES string of the molecule is [CH2]/C=C/C/C=C/CC#CCc1ccccc1. The summed E-state index contributed by atoms with van der Waals surface area (Å²) in [7, 11) is 0. The zero-order valence-electron chi connectivity index (χ0n) is 9.52. The molecule has 1 radical (unpaired) electrons. The molecule has 0 bridgehead atoms. The van der Waals surface area contributed by atoms with Gasteiger partial charge in [-0.2, -0.15) is 0 Å². The van der Waals surface area contributed by atoms with E-state index >= 15 is 0 Å². The minimum atomic E-state index is 0.831. The average molecular weight is 209 g/mol. The van der Waals surface area contributed by atoms with Crippen molar-refractivity contribution in [2.24, 2.45) is 0 Å². The molecule has 0 atom stereocenters. The third-order valence-corrected chi connectivity index (χ3v) is 2.09. The maximum atomic E-state index is 3.62. The summed E-state index contributed by atoms with van der Waals surface area (Å²) >= 11 is 0. The van der Waals surface area contributed by atoms with E-state index in [0.29, 0.717) is 0 Å². The second kappa shape index (κ2) is 8.56. The number of hydrogen-bond acceptors (Lipinski definition) is 0. The molecule has 0 aliphatic carbocycles. The van der Waals surface area contributed by atoms with Crippen LogP contribution in [0.1, 0.15) is 18.4 Å². The van der Waals surface area contributed by atoms with Crippen molar-refractivity contribution in [1.29, 1.82) is 0 Å². The maximum absolute atomic E-state index is 3.62. The summed E-state index contributed by atoms with van der Waals surface area (Å²) in [4.78, 5) is 0. The van der Waals surface area contributed by atoms with Gasteiger partial charge in [0.25, 0.3) is 0 Å². The van der Waals surface area contributed by atoms with Gasteiger partial charge in [0.1, 0.15) is 0 Å². The Morgan fingerprint density at radius 1 is 1.00 bits per heavy atom. The van der Waals surface area contributed by atoms with E-state index in [1.54, 1.807) is 0 Å². The smallest absolute Gasteiger partial charge is 0.0340 e. The normalized spacial score (nSPS) is 10.6. The van der Waals surface area contributed by atoms with Crippen LogP contribution in [0.4, 0.5) is 0 Å². The first-order valence-corrected chi connectivity index (χ1v) is 5.52. The first-order chi connectivity index (χ1) is 7.93. The first-order valence-electron chi connectivity index (χ1n) is 5.52. The van der Waals surface area contributed by atoms with Crippen LogP contribution in [0.25, 0.3) is 0 Å². The van der Waals surface area contributed by atoms with Crippen molar-refractivity contribution >= 4 is 0 Å². The fourth-order valence-corrected chi connectivity index (χ4v) is 1.25.